The third-order valence-electron chi connectivity index (χ3n) is 4.69. The molecule has 1 saturated carbocycles. The van der Waals surface area contributed by atoms with Gasteiger partial charge in [-0.3, -0.25) is 4.31 Å². The maximum atomic E-state index is 12.1. The van der Waals surface area contributed by atoms with Gasteiger partial charge in [0.2, 0.25) is 10.0 Å². The molecule has 0 radical (unpaired) electrons. The second-order valence-electron chi connectivity index (χ2n) is 6.85. The minimum Gasteiger partial charge on any atom is -0.379 e. The van der Waals surface area contributed by atoms with Gasteiger partial charge in [-0.05, 0) is 58.5 Å². The molecule has 0 aromatic carbocycles. The van der Waals surface area contributed by atoms with E-state index in [0.29, 0.717) is 23.8 Å². The number of halogens is 1. The lowest BCUT2D eigenvalue weighted by molar-refractivity contribution is 0.600. The zero-order chi connectivity index (χ0) is 19.2. The average molecular weight is 450 g/mol. The van der Waals surface area contributed by atoms with Crippen molar-refractivity contribution in [1.29, 1.82) is 0 Å². The molecule has 3 heterocycles. The molecule has 1 aliphatic rings. The number of hydrogen-bond donors (Lipinski definition) is 1. The van der Waals surface area contributed by atoms with Crippen LogP contribution in [0, 0.1) is 0 Å². The summed E-state index contributed by atoms with van der Waals surface area (Å²) in [6.07, 6.45) is 9.23. The van der Waals surface area contributed by atoms with Gasteiger partial charge in [-0.15, -0.1) is 0 Å². The highest BCUT2D eigenvalue weighted by molar-refractivity contribution is 9.10. The van der Waals surface area contributed by atoms with E-state index in [1.807, 2.05) is 28.8 Å². The summed E-state index contributed by atoms with van der Waals surface area (Å²) in [5.74, 6) is 0.513. The van der Waals surface area contributed by atoms with Gasteiger partial charge in [0.05, 0.1) is 24.2 Å². The normalized spacial score (nSPS) is 14.5. The zero-order valence-corrected chi connectivity index (χ0v) is 17.5. The first-order valence-electron chi connectivity index (χ1n) is 8.62. The van der Waals surface area contributed by atoms with Gasteiger partial charge in [0.1, 0.15) is 4.60 Å². The van der Waals surface area contributed by atoms with Crippen LogP contribution >= 0.6 is 15.9 Å². The molecule has 142 valence electrons. The molecule has 1 aliphatic carbocycles. The Kier molecular flexibility index (Phi) is 4.59. The topological polar surface area (TPSA) is 79.6 Å². The summed E-state index contributed by atoms with van der Waals surface area (Å²) in [5, 5.41) is 3.31. The molecule has 0 saturated heterocycles. The largest absolute Gasteiger partial charge is 0.379 e. The van der Waals surface area contributed by atoms with Gasteiger partial charge in [0.25, 0.3) is 0 Å². The number of nitrogens with one attached hydrogen (secondary N) is 1. The Labute approximate surface area is 166 Å². The molecule has 0 spiro atoms. The second kappa shape index (κ2) is 6.79. The molecule has 3 aromatic heterocycles. The van der Waals surface area contributed by atoms with E-state index in [1.54, 1.807) is 13.2 Å². The van der Waals surface area contributed by atoms with Crippen LogP contribution in [0.2, 0.25) is 0 Å². The molecular formula is C18H20BrN5O2S. The molecule has 3 aromatic rings. The van der Waals surface area contributed by atoms with Crippen molar-refractivity contribution >= 4 is 43.0 Å². The standard InChI is InChI=1S/C18H20BrN5O2S/c1-23(27(2,25)26)16-7-13(12-3-4-12)10-24-11-15(22-18(16)24)9-21-14-5-6-20-17(19)8-14/h5-8,10-12H,3-4,9H2,1-2H3,(H,20,21). The lowest BCUT2D eigenvalue weighted by Gasteiger charge is -2.18. The number of hydrogen-bond acceptors (Lipinski definition) is 5. The number of sulfonamides is 1. The molecule has 4 rings (SSSR count). The van der Waals surface area contributed by atoms with Crippen molar-refractivity contribution in [3.05, 3.63) is 52.7 Å². The second-order valence-corrected chi connectivity index (χ2v) is 9.67. The van der Waals surface area contributed by atoms with Crippen LogP contribution in [-0.4, -0.2) is 36.1 Å². The Morgan fingerprint density at radius 1 is 1.33 bits per heavy atom. The third-order valence-corrected chi connectivity index (χ3v) is 6.31. The van der Waals surface area contributed by atoms with Crippen molar-refractivity contribution in [3.63, 3.8) is 0 Å². The van der Waals surface area contributed by atoms with E-state index in [-0.39, 0.29) is 0 Å². The molecule has 27 heavy (non-hydrogen) atoms. The maximum absolute atomic E-state index is 12.1. The molecule has 7 nitrogen and oxygen atoms in total. The summed E-state index contributed by atoms with van der Waals surface area (Å²) in [6.45, 7) is 0.527. The van der Waals surface area contributed by atoms with Crippen LogP contribution in [-0.2, 0) is 16.6 Å². The van der Waals surface area contributed by atoms with Crippen molar-refractivity contribution in [3.8, 4) is 0 Å². The van der Waals surface area contributed by atoms with E-state index in [1.165, 1.54) is 10.6 Å². The first kappa shape index (κ1) is 18.2. The third kappa shape index (κ3) is 3.93. The number of anilines is 2. The van der Waals surface area contributed by atoms with Gasteiger partial charge >= 0.3 is 0 Å². The van der Waals surface area contributed by atoms with Gasteiger partial charge in [0, 0.05) is 31.3 Å². The van der Waals surface area contributed by atoms with Crippen LogP contribution in [0.5, 0.6) is 0 Å². The number of pyridine rings is 2. The Bertz CT molecular complexity index is 1110. The number of aromatic nitrogens is 3. The average Bonchev–Trinajstić information content (AvgIpc) is 3.37. The molecule has 0 aliphatic heterocycles. The summed E-state index contributed by atoms with van der Waals surface area (Å²) >= 11 is 3.35. The number of fused-ring (bicyclic) bond motifs is 1. The fourth-order valence-corrected chi connectivity index (χ4v) is 3.85. The molecule has 1 fully saturated rings. The zero-order valence-electron chi connectivity index (χ0n) is 15.1. The van der Waals surface area contributed by atoms with E-state index >= 15 is 0 Å². The molecule has 9 heteroatoms. The number of nitrogens with zero attached hydrogens (tertiary/aromatic N) is 4. The Morgan fingerprint density at radius 2 is 2.11 bits per heavy atom. The Hall–Kier alpha value is -2.13. The minimum absolute atomic E-state index is 0.513. The van der Waals surface area contributed by atoms with Crippen molar-refractivity contribution in [1.82, 2.24) is 14.4 Å². The SMILES string of the molecule is CN(c1cc(C2CC2)cn2cc(CNc3ccnc(Br)c3)nc12)S(C)(=O)=O. The molecule has 0 unspecified atom stereocenters. The van der Waals surface area contributed by atoms with E-state index < -0.39 is 10.0 Å². The van der Waals surface area contributed by atoms with Gasteiger partial charge in [-0.2, -0.15) is 0 Å². The Balaban J connectivity index is 1.69. The Morgan fingerprint density at radius 3 is 2.78 bits per heavy atom. The maximum Gasteiger partial charge on any atom is 0.232 e. The van der Waals surface area contributed by atoms with Gasteiger partial charge in [0.15, 0.2) is 5.65 Å². The smallest absolute Gasteiger partial charge is 0.232 e. The number of rotatable bonds is 6. The highest BCUT2D eigenvalue weighted by Gasteiger charge is 2.27. The first-order chi connectivity index (χ1) is 12.8. The monoisotopic (exact) mass is 449 g/mol. The highest BCUT2D eigenvalue weighted by Crippen LogP contribution is 2.41. The van der Waals surface area contributed by atoms with E-state index in [2.05, 4.69) is 37.4 Å². The van der Waals surface area contributed by atoms with Gasteiger partial charge < -0.3 is 9.72 Å². The predicted molar refractivity (Wildman–Crippen MR) is 110 cm³/mol. The van der Waals surface area contributed by atoms with Crippen molar-refractivity contribution in [2.24, 2.45) is 0 Å². The van der Waals surface area contributed by atoms with Crippen LogP contribution in [0.4, 0.5) is 11.4 Å². The fraction of sp³-hybridized carbons (Fsp3) is 0.333. The van der Waals surface area contributed by atoms with Crippen LogP contribution in [0.1, 0.15) is 30.0 Å². The lowest BCUT2D eigenvalue weighted by atomic mass is 10.2. The van der Waals surface area contributed by atoms with Crippen molar-refractivity contribution < 1.29 is 8.42 Å². The first-order valence-corrected chi connectivity index (χ1v) is 11.3. The van der Waals surface area contributed by atoms with Crippen molar-refractivity contribution in [2.75, 3.05) is 22.9 Å². The summed E-state index contributed by atoms with van der Waals surface area (Å²) < 4.78 is 28.2. The quantitative estimate of drug-likeness (QED) is 0.583. The number of imidazole rings is 1. The fourth-order valence-electron chi connectivity index (χ4n) is 2.99. The summed E-state index contributed by atoms with van der Waals surface area (Å²) in [6, 6.07) is 5.73. The molecule has 0 atom stereocenters. The molecule has 1 N–H and O–H groups in total. The van der Waals surface area contributed by atoms with E-state index in [4.69, 9.17) is 0 Å². The van der Waals surface area contributed by atoms with Gasteiger partial charge in [-0.1, -0.05) is 0 Å². The van der Waals surface area contributed by atoms with Crippen LogP contribution in [0.25, 0.3) is 5.65 Å². The summed E-state index contributed by atoms with van der Waals surface area (Å²) in [4.78, 5) is 8.78. The highest BCUT2D eigenvalue weighted by atomic mass is 79.9. The predicted octanol–water partition coefficient (Wildman–Crippen LogP) is 3.38. The van der Waals surface area contributed by atoms with E-state index in [9.17, 15) is 8.42 Å². The molecule has 0 bridgehead atoms. The summed E-state index contributed by atoms with van der Waals surface area (Å²) in [5.41, 5.74) is 4.17. The van der Waals surface area contributed by atoms with Crippen LogP contribution in [0.15, 0.2) is 41.4 Å². The lowest BCUT2D eigenvalue weighted by Crippen LogP contribution is -2.25. The molecule has 0 amide bonds. The van der Waals surface area contributed by atoms with Crippen LogP contribution in [0.3, 0.4) is 0 Å². The van der Waals surface area contributed by atoms with Gasteiger partial charge in [-0.25, -0.2) is 18.4 Å². The van der Waals surface area contributed by atoms with Crippen molar-refractivity contribution in [2.45, 2.75) is 25.3 Å². The summed E-state index contributed by atoms with van der Waals surface area (Å²) in [7, 11) is -1.80. The minimum atomic E-state index is -3.37. The van der Waals surface area contributed by atoms with Crippen LogP contribution < -0.4 is 9.62 Å². The molecular weight excluding hydrogens is 430 g/mol. The van der Waals surface area contributed by atoms with E-state index in [0.717, 1.165) is 34.4 Å².